The molecule has 110 valence electrons. The molecule has 0 saturated heterocycles. The number of carboxylic acids is 1. The van der Waals surface area contributed by atoms with Crippen LogP contribution in [0.15, 0.2) is 34.1 Å². The number of aryl methyl sites for hydroxylation is 2. The van der Waals surface area contributed by atoms with E-state index in [0.717, 1.165) is 37.9 Å². The lowest BCUT2D eigenvalue weighted by atomic mass is 10.1. The minimum atomic E-state index is -0.950. The Labute approximate surface area is 136 Å². The van der Waals surface area contributed by atoms with Crippen LogP contribution < -0.4 is 4.74 Å². The third-order valence-corrected chi connectivity index (χ3v) is 4.55. The number of hydrogen-bond acceptors (Lipinski definition) is 3. The molecule has 0 amide bonds. The molecule has 3 nitrogen and oxygen atoms in total. The van der Waals surface area contributed by atoms with Crippen LogP contribution in [0, 0.1) is 13.8 Å². The van der Waals surface area contributed by atoms with Gasteiger partial charge in [0, 0.05) is 20.8 Å². The molecule has 0 atom stereocenters. The van der Waals surface area contributed by atoms with Gasteiger partial charge in [0.05, 0.1) is 0 Å². The molecule has 0 aliphatic carbocycles. The first-order valence-electron chi connectivity index (χ1n) is 6.33. The van der Waals surface area contributed by atoms with Crippen molar-refractivity contribution in [3.05, 3.63) is 55.7 Å². The summed E-state index contributed by atoms with van der Waals surface area (Å²) in [5.74, 6) is -0.0964. The molecule has 1 aromatic carbocycles. The minimum absolute atomic E-state index is 0.530. The van der Waals surface area contributed by atoms with Gasteiger partial charge in [-0.3, -0.25) is 0 Å². The Morgan fingerprint density at radius 1 is 1.33 bits per heavy atom. The lowest BCUT2D eigenvalue weighted by Crippen LogP contribution is -1.98. The number of hydrogen-bond donors (Lipinski definition) is 1. The molecule has 1 N–H and O–H groups in total. The van der Waals surface area contributed by atoms with Gasteiger partial charge in [-0.1, -0.05) is 0 Å². The number of aliphatic carboxylic acids is 1. The lowest BCUT2D eigenvalue weighted by Gasteiger charge is -2.12. The highest BCUT2D eigenvalue weighted by Crippen LogP contribution is 2.28. The van der Waals surface area contributed by atoms with Gasteiger partial charge >= 0.3 is 5.97 Å². The molecule has 5 heteroatoms. The van der Waals surface area contributed by atoms with Gasteiger partial charge in [-0.2, -0.15) is 0 Å². The van der Waals surface area contributed by atoms with Crippen molar-refractivity contribution in [1.82, 2.24) is 0 Å². The van der Waals surface area contributed by atoms with Crippen molar-refractivity contribution in [3.8, 4) is 5.75 Å². The lowest BCUT2D eigenvalue weighted by molar-refractivity contribution is -0.131. The van der Waals surface area contributed by atoms with Crippen molar-refractivity contribution in [2.24, 2.45) is 0 Å². The fraction of sp³-hybridized carbons (Fsp3) is 0.188. The van der Waals surface area contributed by atoms with Crippen LogP contribution in [0.25, 0.3) is 6.08 Å². The summed E-state index contributed by atoms with van der Waals surface area (Å²) in [6.07, 6.45) is 2.72. The van der Waals surface area contributed by atoms with E-state index >= 15 is 0 Å². The number of carbonyl (C=O) groups is 1. The van der Waals surface area contributed by atoms with Crippen molar-refractivity contribution < 1.29 is 14.6 Å². The Bertz CT molecular complexity index is 666. The molecule has 1 aromatic heterocycles. The normalized spacial score (nSPS) is 11.0. The van der Waals surface area contributed by atoms with Gasteiger partial charge in [0.2, 0.25) is 0 Å². The van der Waals surface area contributed by atoms with Crippen LogP contribution in [-0.4, -0.2) is 11.1 Å². The largest absolute Gasteiger partial charge is 0.488 e. The molecule has 2 aromatic rings. The van der Waals surface area contributed by atoms with Gasteiger partial charge in [0.1, 0.15) is 12.4 Å². The number of rotatable bonds is 5. The monoisotopic (exact) mass is 366 g/mol. The quantitative estimate of drug-likeness (QED) is 0.772. The maximum atomic E-state index is 10.6. The molecule has 0 saturated carbocycles. The summed E-state index contributed by atoms with van der Waals surface area (Å²) in [5.41, 5.74) is 2.85. The third-order valence-electron chi connectivity index (χ3n) is 2.88. The van der Waals surface area contributed by atoms with Crippen LogP contribution in [0.5, 0.6) is 5.75 Å². The Balaban J connectivity index is 2.15. The number of halogens is 1. The molecule has 0 spiro atoms. The summed E-state index contributed by atoms with van der Waals surface area (Å²) < 4.78 is 6.96. The van der Waals surface area contributed by atoms with Crippen molar-refractivity contribution in [3.63, 3.8) is 0 Å². The highest BCUT2D eigenvalue weighted by molar-refractivity contribution is 9.10. The number of ether oxygens (including phenoxy) is 1. The van der Waals surface area contributed by atoms with Gasteiger partial charge < -0.3 is 9.84 Å². The summed E-state index contributed by atoms with van der Waals surface area (Å²) in [5, 5.41) is 10.7. The number of thiophene rings is 1. The zero-order valence-corrected chi connectivity index (χ0v) is 14.1. The summed E-state index contributed by atoms with van der Waals surface area (Å²) in [4.78, 5) is 11.7. The molecular weight excluding hydrogens is 352 g/mol. The summed E-state index contributed by atoms with van der Waals surface area (Å²) in [6, 6.07) is 5.89. The van der Waals surface area contributed by atoms with Crippen LogP contribution >= 0.6 is 27.3 Å². The fourth-order valence-corrected chi connectivity index (χ4v) is 3.41. The van der Waals surface area contributed by atoms with E-state index in [1.54, 1.807) is 17.4 Å². The summed E-state index contributed by atoms with van der Waals surface area (Å²) in [7, 11) is 0. The van der Waals surface area contributed by atoms with E-state index in [9.17, 15) is 4.79 Å². The predicted molar refractivity (Wildman–Crippen MR) is 88.9 cm³/mol. The second-order valence-corrected chi connectivity index (χ2v) is 6.59. The SMILES string of the molecule is Cc1cc(C=CC(=O)O)cc(C)c1OCc1cc(Br)cs1. The second kappa shape index (κ2) is 6.91. The molecule has 2 rings (SSSR count). The smallest absolute Gasteiger partial charge is 0.328 e. The van der Waals surface area contributed by atoms with Crippen LogP contribution in [0.4, 0.5) is 0 Å². The van der Waals surface area contributed by atoms with E-state index in [1.807, 2.05) is 37.4 Å². The van der Waals surface area contributed by atoms with Crippen molar-refractivity contribution in [2.75, 3.05) is 0 Å². The number of benzene rings is 1. The summed E-state index contributed by atoms with van der Waals surface area (Å²) >= 11 is 5.07. The maximum Gasteiger partial charge on any atom is 0.328 e. The molecule has 1 heterocycles. The average molecular weight is 367 g/mol. The highest BCUT2D eigenvalue weighted by atomic mass is 79.9. The van der Waals surface area contributed by atoms with Crippen molar-refractivity contribution in [2.45, 2.75) is 20.5 Å². The third kappa shape index (κ3) is 4.44. The van der Waals surface area contributed by atoms with Crippen LogP contribution in [-0.2, 0) is 11.4 Å². The molecule has 21 heavy (non-hydrogen) atoms. The maximum absolute atomic E-state index is 10.6. The van der Waals surface area contributed by atoms with Gasteiger partial charge in [0.15, 0.2) is 0 Å². The molecule has 0 unspecified atom stereocenters. The highest BCUT2D eigenvalue weighted by Gasteiger charge is 2.07. The predicted octanol–water partition coefficient (Wildman–Crippen LogP) is 4.80. The molecule has 0 fully saturated rings. The van der Waals surface area contributed by atoms with E-state index in [-0.39, 0.29) is 0 Å². The Morgan fingerprint density at radius 2 is 2.00 bits per heavy atom. The number of carboxylic acid groups (broad SMARTS) is 1. The minimum Gasteiger partial charge on any atom is -0.488 e. The van der Waals surface area contributed by atoms with Gasteiger partial charge in [0.25, 0.3) is 0 Å². The standard InChI is InChI=1S/C16H15BrO3S/c1-10-5-12(3-4-15(18)19)6-11(2)16(10)20-8-14-7-13(17)9-21-14/h3-7,9H,8H2,1-2H3,(H,18,19). The van der Waals surface area contributed by atoms with E-state index in [4.69, 9.17) is 9.84 Å². The Kier molecular flexibility index (Phi) is 5.20. The van der Waals surface area contributed by atoms with Gasteiger partial charge in [-0.05, 0) is 70.7 Å². The first-order chi connectivity index (χ1) is 9.95. The van der Waals surface area contributed by atoms with Gasteiger partial charge in [-0.25, -0.2) is 4.79 Å². The van der Waals surface area contributed by atoms with E-state index < -0.39 is 5.97 Å². The molecule has 0 radical (unpaired) electrons. The molecule has 0 aliphatic rings. The van der Waals surface area contributed by atoms with Crippen molar-refractivity contribution >= 4 is 39.3 Å². The van der Waals surface area contributed by atoms with E-state index in [2.05, 4.69) is 15.9 Å². The molecular formula is C16H15BrO3S. The van der Waals surface area contributed by atoms with Crippen molar-refractivity contribution in [1.29, 1.82) is 0 Å². The zero-order valence-electron chi connectivity index (χ0n) is 11.7. The first kappa shape index (κ1) is 15.8. The molecule has 0 aliphatic heterocycles. The van der Waals surface area contributed by atoms with Gasteiger partial charge in [-0.15, -0.1) is 11.3 Å². The van der Waals surface area contributed by atoms with E-state index in [0.29, 0.717) is 6.61 Å². The summed E-state index contributed by atoms with van der Waals surface area (Å²) in [6.45, 7) is 4.46. The Morgan fingerprint density at radius 3 is 2.52 bits per heavy atom. The van der Waals surface area contributed by atoms with Crippen LogP contribution in [0.1, 0.15) is 21.6 Å². The average Bonchev–Trinajstić information content (AvgIpc) is 2.81. The topological polar surface area (TPSA) is 46.5 Å². The second-order valence-electron chi connectivity index (χ2n) is 4.68. The van der Waals surface area contributed by atoms with Crippen LogP contribution in [0.3, 0.4) is 0 Å². The molecule has 0 bridgehead atoms. The zero-order chi connectivity index (χ0) is 15.4. The van der Waals surface area contributed by atoms with Crippen LogP contribution in [0.2, 0.25) is 0 Å². The fourth-order valence-electron chi connectivity index (χ4n) is 2.05. The Hall–Kier alpha value is -1.59. The first-order valence-corrected chi connectivity index (χ1v) is 8.01. The van der Waals surface area contributed by atoms with E-state index in [1.165, 1.54) is 0 Å².